The number of aryl methyl sites for hydroxylation is 1. The first kappa shape index (κ1) is 25.3. The van der Waals surface area contributed by atoms with Gasteiger partial charge in [0.2, 0.25) is 0 Å². The highest BCUT2D eigenvalue weighted by molar-refractivity contribution is 6.01. The zero-order valence-electron chi connectivity index (χ0n) is 20.5. The molecule has 0 spiro atoms. The van der Waals surface area contributed by atoms with Crippen molar-refractivity contribution in [1.82, 2.24) is 9.97 Å². The van der Waals surface area contributed by atoms with Crippen molar-refractivity contribution in [3.05, 3.63) is 59.6 Å². The Hall–Kier alpha value is -3.28. The molecular formula is C28H37N3O3. The van der Waals surface area contributed by atoms with Crippen LogP contribution in [0.1, 0.15) is 86.5 Å². The third-order valence-corrected chi connectivity index (χ3v) is 5.94. The molecule has 2 aromatic rings. The van der Waals surface area contributed by atoms with Gasteiger partial charge in [-0.3, -0.25) is 4.99 Å². The van der Waals surface area contributed by atoms with Crippen molar-refractivity contribution in [3.8, 4) is 17.1 Å². The zero-order valence-corrected chi connectivity index (χ0v) is 20.5. The summed E-state index contributed by atoms with van der Waals surface area (Å²) >= 11 is 0. The molecule has 6 nitrogen and oxygen atoms in total. The van der Waals surface area contributed by atoms with Crippen LogP contribution in [0.5, 0.6) is 5.75 Å². The Morgan fingerprint density at radius 1 is 1.09 bits per heavy atom. The number of hydrogen-bond donors (Lipinski definition) is 3. The third-order valence-electron chi connectivity index (χ3n) is 5.94. The van der Waals surface area contributed by atoms with Crippen molar-refractivity contribution in [1.29, 1.82) is 0 Å². The van der Waals surface area contributed by atoms with Gasteiger partial charge in [-0.25, -0.2) is 4.79 Å². The maximum absolute atomic E-state index is 12.1. The largest absolute Gasteiger partial charge is 0.491 e. The number of allylic oxidation sites excluding steroid dienone is 3. The molecule has 0 unspecified atom stereocenters. The van der Waals surface area contributed by atoms with Crippen LogP contribution < -0.4 is 4.74 Å². The van der Waals surface area contributed by atoms with E-state index in [1.165, 1.54) is 38.5 Å². The van der Waals surface area contributed by atoms with E-state index in [0.29, 0.717) is 29.4 Å². The molecule has 0 atom stereocenters. The molecule has 0 saturated heterocycles. The Morgan fingerprint density at radius 2 is 1.82 bits per heavy atom. The quantitative estimate of drug-likeness (QED) is 0.189. The van der Waals surface area contributed by atoms with Crippen LogP contribution in [0.15, 0.2) is 47.6 Å². The van der Waals surface area contributed by atoms with Crippen molar-refractivity contribution in [2.45, 2.75) is 71.6 Å². The molecule has 3 rings (SSSR count). The van der Waals surface area contributed by atoms with E-state index in [1.54, 1.807) is 0 Å². The van der Waals surface area contributed by atoms with Crippen molar-refractivity contribution >= 4 is 17.8 Å². The fraction of sp³-hybridized carbons (Fsp3) is 0.429. The number of ether oxygens (including phenoxy) is 1. The maximum atomic E-state index is 12.1. The molecule has 3 heterocycles. The first-order chi connectivity index (χ1) is 16.5. The van der Waals surface area contributed by atoms with Crippen LogP contribution in [-0.4, -0.2) is 33.4 Å². The summed E-state index contributed by atoms with van der Waals surface area (Å²) in [6.07, 6.45) is 18.8. The molecule has 0 saturated carbocycles. The van der Waals surface area contributed by atoms with E-state index in [1.807, 2.05) is 44.2 Å². The molecule has 0 bridgehead atoms. The lowest BCUT2D eigenvalue weighted by atomic mass is 10.1. The van der Waals surface area contributed by atoms with Crippen molar-refractivity contribution in [2.75, 3.05) is 6.61 Å². The minimum Gasteiger partial charge on any atom is -0.491 e. The number of carboxylic acid groups (broad SMARTS) is 1. The van der Waals surface area contributed by atoms with E-state index < -0.39 is 5.97 Å². The van der Waals surface area contributed by atoms with Gasteiger partial charge in [-0.05, 0) is 69.9 Å². The van der Waals surface area contributed by atoms with Crippen LogP contribution in [0, 0.1) is 6.92 Å². The molecule has 0 amide bonds. The standard InChI is InChI=1S/C28H37N3O3/c1-4-6-7-8-9-10-11-12-13-14-21-16-17-22(30-21)19-24-27(34-5-2)25(28(32)33)26(31-24)23-18-15-20(3)29-23/h4,15-19,29,31H,1,5-14H2,2-3H3,(H,32,33)/b22-19+. The number of nitrogens with zero attached hydrogens (tertiary/aromatic N) is 1. The van der Waals surface area contributed by atoms with E-state index in [0.717, 1.165) is 36.4 Å². The predicted octanol–water partition coefficient (Wildman–Crippen LogP) is 7.46. The number of nitrogens with one attached hydrogen (secondary N) is 2. The molecule has 182 valence electrons. The summed E-state index contributed by atoms with van der Waals surface area (Å²) in [6, 6.07) is 3.78. The van der Waals surface area contributed by atoms with Gasteiger partial charge < -0.3 is 19.8 Å². The Labute approximate surface area is 202 Å². The average molecular weight is 464 g/mol. The highest BCUT2D eigenvalue weighted by Gasteiger charge is 2.25. The second kappa shape index (κ2) is 12.8. The molecule has 0 radical (unpaired) electrons. The molecule has 34 heavy (non-hydrogen) atoms. The van der Waals surface area contributed by atoms with Gasteiger partial charge in [0.15, 0.2) is 5.75 Å². The predicted molar refractivity (Wildman–Crippen MR) is 140 cm³/mol. The van der Waals surface area contributed by atoms with Gasteiger partial charge in [0, 0.05) is 11.4 Å². The first-order valence-electron chi connectivity index (χ1n) is 12.4. The maximum Gasteiger partial charge on any atom is 0.341 e. The second-order valence-electron chi connectivity index (χ2n) is 8.72. The van der Waals surface area contributed by atoms with Gasteiger partial charge in [0.1, 0.15) is 5.56 Å². The number of aromatic carboxylic acids is 1. The second-order valence-corrected chi connectivity index (χ2v) is 8.72. The highest BCUT2D eigenvalue weighted by Crippen LogP contribution is 2.35. The minimum absolute atomic E-state index is 0.131. The number of aromatic amines is 2. The molecule has 1 aliphatic heterocycles. The van der Waals surface area contributed by atoms with Gasteiger partial charge >= 0.3 is 5.97 Å². The summed E-state index contributed by atoms with van der Waals surface area (Å²) in [5.74, 6) is -0.687. The van der Waals surface area contributed by atoms with Crippen molar-refractivity contribution < 1.29 is 14.6 Å². The normalized spacial score (nSPS) is 14.1. The SMILES string of the molecule is C=CCCCCCCCCCC1=N/C(=C/c2[nH]c(-c3ccc(C)[nH]3)c(C(=O)O)c2OCC)C=C1. The van der Waals surface area contributed by atoms with Gasteiger partial charge in [-0.15, -0.1) is 6.58 Å². The summed E-state index contributed by atoms with van der Waals surface area (Å²) in [6.45, 7) is 7.92. The molecule has 1 aliphatic rings. The molecule has 2 aromatic heterocycles. The zero-order chi connectivity index (χ0) is 24.3. The van der Waals surface area contributed by atoms with Gasteiger partial charge in [0.05, 0.1) is 29.4 Å². The van der Waals surface area contributed by atoms with Crippen LogP contribution >= 0.6 is 0 Å². The molecule has 0 aliphatic carbocycles. The first-order valence-corrected chi connectivity index (χ1v) is 12.4. The van der Waals surface area contributed by atoms with E-state index in [4.69, 9.17) is 9.73 Å². The number of aliphatic imine (C=N–C) groups is 1. The Kier molecular flexibility index (Phi) is 9.56. The van der Waals surface area contributed by atoms with Gasteiger partial charge in [-0.1, -0.05) is 38.2 Å². The van der Waals surface area contributed by atoms with Crippen LogP contribution in [-0.2, 0) is 0 Å². The Morgan fingerprint density at radius 3 is 2.47 bits per heavy atom. The number of aromatic nitrogens is 2. The lowest BCUT2D eigenvalue weighted by Gasteiger charge is -2.04. The van der Waals surface area contributed by atoms with Crippen LogP contribution in [0.2, 0.25) is 0 Å². The summed E-state index contributed by atoms with van der Waals surface area (Å²) in [5.41, 5.74) is 4.79. The number of H-pyrrole nitrogens is 2. The summed E-state index contributed by atoms with van der Waals surface area (Å²) in [4.78, 5) is 23.3. The minimum atomic E-state index is -1.03. The highest BCUT2D eigenvalue weighted by atomic mass is 16.5. The number of unbranched alkanes of at least 4 members (excludes halogenated alkanes) is 7. The van der Waals surface area contributed by atoms with Crippen molar-refractivity contribution in [2.24, 2.45) is 4.99 Å². The smallest absolute Gasteiger partial charge is 0.341 e. The van der Waals surface area contributed by atoms with E-state index in [-0.39, 0.29) is 5.56 Å². The van der Waals surface area contributed by atoms with E-state index in [2.05, 4.69) is 22.6 Å². The lowest BCUT2D eigenvalue weighted by Crippen LogP contribution is -2.02. The third kappa shape index (κ3) is 6.86. The number of carbonyl (C=O) groups is 1. The summed E-state index contributed by atoms with van der Waals surface area (Å²) in [5, 5.41) is 9.89. The molecule has 0 aromatic carbocycles. The number of hydrogen-bond acceptors (Lipinski definition) is 3. The lowest BCUT2D eigenvalue weighted by molar-refractivity contribution is 0.0694. The molecule has 0 fully saturated rings. The Balaban J connectivity index is 1.64. The number of rotatable bonds is 15. The Bertz CT molecular complexity index is 1070. The van der Waals surface area contributed by atoms with Gasteiger partial charge in [0.25, 0.3) is 0 Å². The molecule has 6 heteroatoms. The summed E-state index contributed by atoms with van der Waals surface area (Å²) in [7, 11) is 0. The van der Waals surface area contributed by atoms with E-state index >= 15 is 0 Å². The summed E-state index contributed by atoms with van der Waals surface area (Å²) < 4.78 is 5.76. The van der Waals surface area contributed by atoms with E-state index in [9.17, 15) is 9.90 Å². The average Bonchev–Trinajstić information content (AvgIpc) is 3.52. The fourth-order valence-corrected chi connectivity index (χ4v) is 4.22. The monoisotopic (exact) mass is 463 g/mol. The van der Waals surface area contributed by atoms with Crippen LogP contribution in [0.4, 0.5) is 0 Å². The van der Waals surface area contributed by atoms with Gasteiger partial charge in [-0.2, -0.15) is 0 Å². The fourth-order valence-electron chi connectivity index (χ4n) is 4.22. The number of carboxylic acids is 1. The molecule has 3 N–H and O–H groups in total. The topological polar surface area (TPSA) is 90.5 Å². The van der Waals surface area contributed by atoms with Crippen LogP contribution in [0.25, 0.3) is 17.5 Å². The molecular weight excluding hydrogens is 426 g/mol. The van der Waals surface area contributed by atoms with Crippen molar-refractivity contribution in [3.63, 3.8) is 0 Å². The van der Waals surface area contributed by atoms with Crippen LogP contribution in [0.3, 0.4) is 0 Å².